The molecular weight excluding hydrogens is 264 g/mol. The summed E-state index contributed by atoms with van der Waals surface area (Å²) < 4.78 is 0. The van der Waals surface area contributed by atoms with Gasteiger partial charge in [0.05, 0.1) is 0 Å². The molecule has 1 aromatic rings. The highest BCUT2D eigenvalue weighted by molar-refractivity contribution is 6.31. The molecular formula is C14H21ClN2O2. The van der Waals surface area contributed by atoms with Crippen LogP contribution < -0.4 is 10.6 Å². The Hall–Kier alpha value is -1.26. The third-order valence-electron chi connectivity index (χ3n) is 2.87. The molecule has 0 spiro atoms. The van der Waals surface area contributed by atoms with Crippen molar-refractivity contribution in [2.75, 3.05) is 19.7 Å². The molecule has 0 heterocycles. The average Bonchev–Trinajstić information content (AvgIpc) is 2.39. The fourth-order valence-electron chi connectivity index (χ4n) is 1.66. The lowest BCUT2D eigenvalue weighted by atomic mass is 10.1. The summed E-state index contributed by atoms with van der Waals surface area (Å²) in [5, 5.41) is 15.0. The molecule has 0 bridgehead atoms. The number of aliphatic hydroxyl groups is 1. The topological polar surface area (TPSA) is 61.4 Å². The van der Waals surface area contributed by atoms with Gasteiger partial charge in [-0.15, -0.1) is 0 Å². The number of nitrogens with one attached hydrogen (secondary N) is 2. The molecule has 0 radical (unpaired) electrons. The molecule has 4 nitrogen and oxygen atoms in total. The largest absolute Gasteiger partial charge is 0.396 e. The van der Waals surface area contributed by atoms with Gasteiger partial charge in [0.1, 0.15) is 0 Å². The average molecular weight is 285 g/mol. The van der Waals surface area contributed by atoms with Crippen molar-refractivity contribution in [3.63, 3.8) is 0 Å². The van der Waals surface area contributed by atoms with E-state index in [9.17, 15) is 4.79 Å². The third kappa shape index (κ3) is 6.45. The standard InChI is InChI=1S/C14H21ClN2O2/c1-11(7-9-18)10-17-14(19)16-8-6-12-4-2-3-5-13(12)15/h2-5,11,18H,6-10H2,1H3,(H2,16,17,19). The third-order valence-corrected chi connectivity index (χ3v) is 3.24. The lowest BCUT2D eigenvalue weighted by molar-refractivity contribution is 0.234. The van der Waals surface area contributed by atoms with E-state index in [4.69, 9.17) is 16.7 Å². The molecule has 2 amide bonds. The number of hydrogen-bond donors (Lipinski definition) is 3. The van der Waals surface area contributed by atoms with Crippen molar-refractivity contribution in [2.45, 2.75) is 19.8 Å². The summed E-state index contributed by atoms with van der Waals surface area (Å²) in [7, 11) is 0. The quantitative estimate of drug-likeness (QED) is 0.719. The number of rotatable bonds is 7. The zero-order chi connectivity index (χ0) is 14.1. The lowest BCUT2D eigenvalue weighted by Gasteiger charge is -2.12. The van der Waals surface area contributed by atoms with Gasteiger partial charge in [-0.05, 0) is 30.4 Å². The Bertz CT molecular complexity index is 399. The molecule has 0 fully saturated rings. The molecule has 3 N–H and O–H groups in total. The van der Waals surface area contributed by atoms with Crippen LogP contribution in [0.2, 0.25) is 5.02 Å². The van der Waals surface area contributed by atoms with Crippen LogP contribution in [0.1, 0.15) is 18.9 Å². The maximum Gasteiger partial charge on any atom is 0.314 e. The number of carbonyl (C=O) groups excluding carboxylic acids is 1. The van der Waals surface area contributed by atoms with Crippen LogP contribution in [0.15, 0.2) is 24.3 Å². The van der Waals surface area contributed by atoms with Gasteiger partial charge in [0, 0.05) is 24.7 Å². The molecule has 19 heavy (non-hydrogen) atoms. The Morgan fingerprint density at radius 3 is 2.79 bits per heavy atom. The molecule has 106 valence electrons. The van der Waals surface area contributed by atoms with Crippen molar-refractivity contribution < 1.29 is 9.90 Å². The van der Waals surface area contributed by atoms with Crippen molar-refractivity contribution in [1.29, 1.82) is 0 Å². The number of halogens is 1. The fraction of sp³-hybridized carbons (Fsp3) is 0.500. The van der Waals surface area contributed by atoms with E-state index in [-0.39, 0.29) is 18.6 Å². The van der Waals surface area contributed by atoms with Gasteiger partial charge in [-0.1, -0.05) is 36.7 Å². The Balaban J connectivity index is 2.19. The van der Waals surface area contributed by atoms with Crippen LogP contribution >= 0.6 is 11.6 Å². The van der Waals surface area contributed by atoms with Gasteiger partial charge in [0.25, 0.3) is 0 Å². The first-order valence-electron chi connectivity index (χ1n) is 6.49. The highest BCUT2D eigenvalue weighted by atomic mass is 35.5. The van der Waals surface area contributed by atoms with E-state index in [2.05, 4.69) is 10.6 Å². The van der Waals surface area contributed by atoms with E-state index in [0.29, 0.717) is 25.9 Å². The minimum absolute atomic E-state index is 0.150. The maximum atomic E-state index is 11.5. The van der Waals surface area contributed by atoms with Crippen LogP contribution in [0, 0.1) is 5.92 Å². The Labute approximate surface area is 119 Å². The summed E-state index contributed by atoms with van der Waals surface area (Å²) in [5.74, 6) is 0.277. The van der Waals surface area contributed by atoms with Gasteiger partial charge in [-0.25, -0.2) is 4.79 Å². The second-order valence-electron chi connectivity index (χ2n) is 4.60. The fourth-order valence-corrected chi connectivity index (χ4v) is 1.89. The van der Waals surface area contributed by atoms with Gasteiger partial charge >= 0.3 is 6.03 Å². The second kappa shape index (κ2) is 8.77. The minimum Gasteiger partial charge on any atom is -0.396 e. The molecule has 0 aliphatic heterocycles. The first-order chi connectivity index (χ1) is 9.13. The van der Waals surface area contributed by atoms with Gasteiger partial charge in [0.15, 0.2) is 0 Å². The normalized spacial score (nSPS) is 11.9. The molecule has 5 heteroatoms. The monoisotopic (exact) mass is 284 g/mol. The van der Waals surface area contributed by atoms with E-state index in [1.165, 1.54) is 0 Å². The predicted molar refractivity (Wildman–Crippen MR) is 77.4 cm³/mol. The lowest BCUT2D eigenvalue weighted by Crippen LogP contribution is -2.38. The van der Waals surface area contributed by atoms with Crippen LogP contribution in [0.25, 0.3) is 0 Å². The molecule has 1 rings (SSSR count). The first-order valence-corrected chi connectivity index (χ1v) is 6.87. The SMILES string of the molecule is CC(CCO)CNC(=O)NCCc1ccccc1Cl. The van der Waals surface area contributed by atoms with Crippen molar-refractivity contribution in [1.82, 2.24) is 10.6 Å². The summed E-state index contributed by atoms with van der Waals surface area (Å²) >= 11 is 6.03. The molecule has 0 aliphatic carbocycles. The Kier molecular flexibility index (Phi) is 7.30. The second-order valence-corrected chi connectivity index (χ2v) is 5.00. The summed E-state index contributed by atoms with van der Waals surface area (Å²) in [6, 6.07) is 7.42. The Morgan fingerprint density at radius 2 is 2.11 bits per heavy atom. The summed E-state index contributed by atoms with van der Waals surface area (Å²) in [4.78, 5) is 11.5. The molecule has 0 aliphatic rings. The number of benzene rings is 1. The first kappa shape index (κ1) is 15.8. The van der Waals surface area contributed by atoms with Crippen LogP contribution in [0.5, 0.6) is 0 Å². The van der Waals surface area contributed by atoms with Gasteiger partial charge in [0.2, 0.25) is 0 Å². The van der Waals surface area contributed by atoms with E-state index in [0.717, 1.165) is 10.6 Å². The highest BCUT2D eigenvalue weighted by Gasteiger charge is 2.05. The van der Waals surface area contributed by atoms with E-state index in [1.54, 1.807) is 0 Å². The summed E-state index contributed by atoms with van der Waals surface area (Å²) in [5.41, 5.74) is 1.03. The number of aliphatic hydroxyl groups excluding tert-OH is 1. The van der Waals surface area contributed by atoms with Crippen LogP contribution in [0.4, 0.5) is 4.79 Å². The number of amides is 2. The van der Waals surface area contributed by atoms with Crippen LogP contribution in [-0.4, -0.2) is 30.8 Å². The van der Waals surface area contributed by atoms with Gasteiger partial charge in [-0.3, -0.25) is 0 Å². The van der Waals surface area contributed by atoms with Crippen LogP contribution in [-0.2, 0) is 6.42 Å². The Morgan fingerprint density at radius 1 is 1.37 bits per heavy atom. The van der Waals surface area contributed by atoms with Crippen molar-refractivity contribution in [2.24, 2.45) is 5.92 Å². The molecule has 0 aromatic heterocycles. The number of carbonyl (C=O) groups is 1. The highest BCUT2D eigenvalue weighted by Crippen LogP contribution is 2.14. The summed E-state index contributed by atoms with van der Waals surface area (Å²) in [6.45, 7) is 3.25. The maximum absolute atomic E-state index is 11.5. The zero-order valence-corrected chi connectivity index (χ0v) is 11.9. The number of hydrogen-bond acceptors (Lipinski definition) is 2. The van der Waals surface area contributed by atoms with E-state index in [1.807, 2.05) is 31.2 Å². The zero-order valence-electron chi connectivity index (χ0n) is 11.2. The molecule has 0 saturated carbocycles. The van der Waals surface area contributed by atoms with Crippen molar-refractivity contribution in [3.8, 4) is 0 Å². The van der Waals surface area contributed by atoms with Crippen LogP contribution in [0.3, 0.4) is 0 Å². The summed E-state index contributed by atoms with van der Waals surface area (Å²) in [6.07, 6.45) is 1.40. The van der Waals surface area contributed by atoms with E-state index < -0.39 is 0 Å². The minimum atomic E-state index is -0.183. The van der Waals surface area contributed by atoms with Gasteiger partial charge < -0.3 is 15.7 Å². The van der Waals surface area contributed by atoms with E-state index >= 15 is 0 Å². The van der Waals surface area contributed by atoms with Gasteiger partial charge in [-0.2, -0.15) is 0 Å². The van der Waals surface area contributed by atoms with Crippen molar-refractivity contribution >= 4 is 17.6 Å². The molecule has 1 unspecified atom stereocenters. The molecule has 1 aromatic carbocycles. The molecule has 0 saturated heterocycles. The predicted octanol–water partition coefficient (Wildman–Crippen LogP) is 2.20. The van der Waals surface area contributed by atoms with Crippen molar-refractivity contribution in [3.05, 3.63) is 34.9 Å². The molecule has 1 atom stereocenters. The smallest absolute Gasteiger partial charge is 0.314 e. The number of urea groups is 1.